The van der Waals surface area contributed by atoms with Crippen molar-refractivity contribution in [2.75, 3.05) is 6.61 Å². The molecule has 1 aromatic rings. The number of hydrogen-bond acceptors (Lipinski definition) is 3. The number of rotatable bonds is 3. The summed E-state index contributed by atoms with van der Waals surface area (Å²) in [6.07, 6.45) is 3.83. The van der Waals surface area contributed by atoms with Crippen LogP contribution < -0.4 is 0 Å². The highest BCUT2D eigenvalue weighted by Gasteiger charge is 2.13. The predicted octanol–water partition coefficient (Wildman–Crippen LogP) is 2.53. The van der Waals surface area contributed by atoms with Crippen molar-refractivity contribution in [3.05, 3.63) is 35.9 Å². The summed E-state index contributed by atoms with van der Waals surface area (Å²) >= 11 is 0. The summed E-state index contributed by atoms with van der Waals surface area (Å²) in [6, 6.07) is 9.11. The molecule has 0 radical (unpaired) electrons. The van der Waals surface area contributed by atoms with Crippen molar-refractivity contribution < 1.29 is 14.3 Å². The lowest BCUT2D eigenvalue weighted by atomic mass is 10.1. The van der Waals surface area contributed by atoms with Crippen LogP contribution in [0.3, 0.4) is 0 Å². The van der Waals surface area contributed by atoms with Crippen molar-refractivity contribution in [1.29, 1.82) is 0 Å². The second-order valence-electron chi connectivity index (χ2n) is 2.76. The molecule has 0 saturated heterocycles. The van der Waals surface area contributed by atoms with Crippen LogP contribution in [0.15, 0.2) is 30.3 Å². The van der Waals surface area contributed by atoms with Crippen LogP contribution in [0.25, 0.3) is 0 Å². The Labute approximate surface area is 89.0 Å². The molecule has 3 heteroatoms. The first-order valence-electron chi connectivity index (χ1n) is 4.62. The summed E-state index contributed by atoms with van der Waals surface area (Å²) < 4.78 is 9.57. The van der Waals surface area contributed by atoms with E-state index in [1.165, 1.54) is 0 Å². The van der Waals surface area contributed by atoms with Crippen LogP contribution in [0.5, 0.6) is 0 Å². The van der Waals surface area contributed by atoms with E-state index in [1.807, 2.05) is 18.2 Å². The zero-order chi connectivity index (χ0) is 11.1. The molecule has 1 aromatic carbocycles. The Morgan fingerprint density at radius 1 is 1.47 bits per heavy atom. The molecule has 0 amide bonds. The minimum absolute atomic E-state index is 0.269. The van der Waals surface area contributed by atoms with Gasteiger partial charge in [0.15, 0.2) is 6.10 Å². The smallest absolute Gasteiger partial charge is 0.435 e. The fourth-order valence-corrected chi connectivity index (χ4v) is 1.07. The Balaban J connectivity index is 2.66. The molecule has 0 spiro atoms. The summed E-state index contributed by atoms with van der Waals surface area (Å²) in [5.74, 6) is 2.38. The zero-order valence-electron chi connectivity index (χ0n) is 8.47. The maximum Gasteiger partial charge on any atom is 0.509 e. The zero-order valence-corrected chi connectivity index (χ0v) is 8.47. The van der Waals surface area contributed by atoms with Crippen LogP contribution in [-0.2, 0) is 9.47 Å². The van der Waals surface area contributed by atoms with Crippen molar-refractivity contribution in [2.24, 2.45) is 0 Å². The summed E-state index contributed by atoms with van der Waals surface area (Å²) in [5.41, 5.74) is 0.757. The first-order valence-corrected chi connectivity index (χ1v) is 4.62. The van der Waals surface area contributed by atoms with Gasteiger partial charge in [-0.2, -0.15) is 0 Å². The first kappa shape index (κ1) is 11.1. The molecule has 0 aliphatic rings. The van der Waals surface area contributed by atoms with E-state index < -0.39 is 12.3 Å². The largest absolute Gasteiger partial charge is 0.509 e. The van der Waals surface area contributed by atoms with E-state index >= 15 is 0 Å². The fraction of sp³-hybridized carbons (Fsp3) is 0.250. The standard InChI is InChI=1S/C12H12O3/c1-3-11(15-12(13)14-4-2)10-8-6-5-7-9-10/h1,5-9,11H,4H2,2H3. The molecule has 0 bridgehead atoms. The molecule has 0 aromatic heterocycles. The van der Waals surface area contributed by atoms with Crippen LogP contribution in [-0.4, -0.2) is 12.8 Å². The van der Waals surface area contributed by atoms with E-state index in [1.54, 1.807) is 19.1 Å². The number of terminal acetylenes is 1. The SMILES string of the molecule is C#CC(OC(=O)OCC)c1ccccc1. The van der Waals surface area contributed by atoms with Gasteiger partial charge in [-0.1, -0.05) is 36.3 Å². The molecule has 3 nitrogen and oxygen atoms in total. The third kappa shape index (κ3) is 3.35. The maximum absolute atomic E-state index is 11.0. The number of carbonyl (C=O) groups excluding carboxylic acids is 1. The fourth-order valence-electron chi connectivity index (χ4n) is 1.07. The lowest BCUT2D eigenvalue weighted by Crippen LogP contribution is -2.11. The lowest BCUT2D eigenvalue weighted by molar-refractivity contribution is 0.0427. The van der Waals surface area contributed by atoms with Gasteiger partial charge in [0.25, 0.3) is 0 Å². The van der Waals surface area contributed by atoms with E-state index in [-0.39, 0.29) is 6.61 Å². The minimum Gasteiger partial charge on any atom is -0.435 e. The summed E-state index contributed by atoms with van der Waals surface area (Å²) in [7, 11) is 0. The van der Waals surface area contributed by atoms with Crippen molar-refractivity contribution in [2.45, 2.75) is 13.0 Å². The van der Waals surface area contributed by atoms with E-state index in [2.05, 4.69) is 10.7 Å². The van der Waals surface area contributed by atoms with Crippen LogP contribution in [0.1, 0.15) is 18.6 Å². The summed E-state index contributed by atoms with van der Waals surface area (Å²) in [4.78, 5) is 11.0. The van der Waals surface area contributed by atoms with Crippen LogP contribution >= 0.6 is 0 Å². The van der Waals surface area contributed by atoms with Crippen molar-refractivity contribution in [3.8, 4) is 12.3 Å². The number of benzene rings is 1. The summed E-state index contributed by atoms with van der Waals surface area (Å²) in [6.45, 7) is 1.97. The second kappa shape index (κ2) is 5.71. The van der Waals surface area contributed by atoms with Crippen LogP contribution in [0.4, 0.5) is 4.79 Å². The van der Waals surface area contributed by atoms with Gasteiger partial charge in [-0.05, 0) is 6.92 Å². The highest BCUT2D eigenvalue weighted by Crippen LogP contribution is 2.16. The van der Waals surface area contributed by atoms with Gasteiger partial charge >= 0.3 is 6.16 Å². The van der Waals surface area contributed by atoms with Crippen molar-refractivity contribution in [1.82, 2.24) is 0 Å². The minimum atomic E-state index is -0.746. The summed E-state index contributed by atoms with van der Waals surface area (Å²) in [5, 5.41) is 0. The van der Waals surface area contributed by atoms with E-state index in [0.717, 1.165) is 5.56 Å². The Morgan fingerprint density at radius 3 is 2.67 bits per heavy atom. The van der Waals surface area contributed by atoms with Gasteiger partial charge in [0.05, 0.1) is 6.61 Å². The highest BCUT2D eigenvalue weighted by atomic mass is 16.7. The van der Waals surface area contributed by atoms with Gasteiger partial charge in [0.1, 0.15) is 0 Å². The monoisotopic (exact) mass is 204 g/mol. The Hall–Kier alpha value is -1.95. The number of carbonyl (C=O) groups is 1. The molecule has 1 atom stereocenters. The molecular weight excluding hydrogens is 192 g/mol. The number of hydrogen-bond donors (Lipinski definition) is 0. The van der Waals surface area contributed by atoms with Crippen LogP contribution in [0.2, 0.25) is 0 Å². The Bertz CT molecular complexity index is 351. The maximum atomic E-state index is 11.0. The quantitative estimate of drug-likeness (QED) is 0.560. The Kier molecular flexibility index (Phi) is 4.24. The van der Waals surface area contributed by atoms with E-state index in [0.29, 0.717) is 0 Å². The molecule has 0 aliphatic heterocycles. The van der Waals surface area contributed by atoms with Gasteiger partial charge < -0.3 is 9.47 Å². The topological polar surface area (TPSA) is 35.5 Å². The van der Waals surface area contributed by atoms with Gasteiger partial charge in [0.2, 0.25) is 0 Å². The number of ether oxygens (including phenoxy) is 2. The third-order valence-corrected chi connectivity index (χ3v) is 1.73. The molecule has 0 aliphatic carbocycles. The molecule has 0 saturated carbocycles. The normalized spacial score (nSPS) is 11.2. The molecule has 15 heavy (non-hydrogen) atoms. The van der Waals surface area contributed by atoms with E-state index in [9.17, 15) is 4.79 Å². The van der Waals surface area contributed by atoms with Gasteiger partial charge in [0, 0.05) is 5.56 Å². The lowest BCUT2D eigenvalue weighted by Gasteiger charge is -2.11. The predicted molar refractivity (Wildman–Crippen MR) is 56.1 cm³/mol. The molecule has 0 N–H and O–H groups in total. The van der Waals surface area contributed by atoms with Gasteiger partial charge in [-0.25, -0.2) is 4.79 Å². The average molecular weight is 204 g/mol. The molecule has 1 rings (SSSR count). The molecule has 0 heterocycles. The van der Waals surface area contributed by atoms with Crippen LogP contribution in [0, 0.1) is 12.3 Å². The van der Waals surface area contributed by atoms with Crippen molar-refractivity contribution in [3.63, 3.8) is 0 Å². The average Bonchev–Trinajstić information content (AvgIpc) is 2.27. The first-order chi connectivity index (χ1) is 7.27. The Morgan fingerprint density at radius 2 is 2.13 bits per heavy atom. The highest BCUT2D eigenvalue weighted by molar-refractivity contribution is 5.60. The molecule has 78 valence electrons. The molecular formula is C12H12O3. The van der Waals surface area contributed by atoms with Crippen molar-refractivity contribution >= 4 is 6.16 Å². The van der Waals surface area contributed by atoms with Gasteiger partial charge in [-0.15, -0.1) is 6.42 Å². The van der Waals surface area contributed by atoms with E-state index in [4.69, 9.17) is 11.2 Å². The third-order valence-electron chi connectivity index (χ3n) is 1.73. The molecule has 1 unspecified atom stereocenters. The molecule has 0 fully saturated rings. The second-order valence-corrected chi connectivity index (χ2v) is 2.76. The van der Waals surface area contributed by atoms with Gasteiger partial charge in [-0.3, -0.25) is 0 Å².